The molecule has 1 aliphatic rings. The van der Waals surface area contributed by atoms with Crippen molar-refractivity contribution in [1.82, 2.24) is 0 Å². The molecule has 0 saturated carbocycles. The molecule has 5 nitrogen and oxygen atoms in total. The Kier molecular flexibility index (Phi) is 4.32. The Hall–Kier alpha value is -2.34. The lowest BCUT2D eigenvalue weighted by molar-refractivity contribution is -0.118. The number of hydrogen-bond acceptors (Lipinski definition) is 3. The van der Waals surface area contributed by atoms with E-state index < -0.39 is 10.0 Å². The molecule has 0 atom stereocenters. The topological polar surface area (TPSA) is 66.5 Å². The summed E-state index contributed by atoms with van der Waals surface area (Å²) in [7, 11) is -3.62. The van der Waals surface area contributed by atoms with E-state index in [9.17, 15) is 13.2 Å². The second-order valence-electron chi connectivity index (χ2n) is 5.90. The predicted molar refractivity (Wildman–Crippen MR) is 94.8 cm³/mol. The number of rotatable bonds is 4. The van der Waals surface area contributed by atoms with E-state index in [-0.39, 0.29) is 10.8 Å². The van der Waals surface area contributed by atoms with Gasteiger partial charge in [-0.15, -0.1) is 0 Å². The fourth-order valence-electron chi connectivity index (χ4n) is 2.97. The first-order valence-corrected chi connectivity index (χ1v) is 9.42. The van der Waals surface area contributed by atoms with Crippen LogP contribution in [0.5, 0.6) is 0 Å². The van der Waals surface area contributed by atoms with Crippen molar-refractivity contribution in [3.63, 3.8) is 0 Å². The molecule has 2 aromatic rings. The first-order chi connectivity index (χ1) is 11.4. The summed E-state index contributed by atoms with van der Waals surface area (Å²) >= 11 is 0. The van der Waals surface area contributed by atoms with Crippen molar-refractivity contribution in [2.45, 2.75) is 31.6 Å². The van der Waals surface area contributed by atoms with Crippen LogP contribution in [-0.2, 0) is 21.2 Å². The zero-order valence-electron chi connectivity index (χ0n) is 13.7. The van der Waals surface area contributed by atoms with E-state index in [1.165, 1.54) is 0 Å². The van der Waals surface area contributed by atoms with Crippen LogP contribution < -0.4 is 9.62 Å². The van der Waals surface area contributed by atoms with Gasteiger partial charge in [0, 0.05) is 24.3 Å². The van der Waals surface area contributed by atoms with Gasteiger partial charge in [0.1, 0.15) is 0 Å². The Morgan fingerprint density at radius 1 is 1.12 bits per heavy atom. The Balaban J connectivity index is 1.90. The molecule has 0 saturated heterocycles. The van der Waals surface area contributed by atoms with E-state index in [4.69, 9.17) is 0 Å². The molecule has 24 heavy (non-hydrogen) atoms. The molecular weight excluding hydrogens is 324 g/mol. The quantitative estimate of drug-likeness (QED) is 0.927. The van der Waals surface area contributed by atoms with Crippen LogP contribution in [0, 0.1) is 6.92 Å². The normalized spacial score (nSPS) is 14.4. The minimum absolute atomic E-state index is 0.109. The Morgan fingerprint density at radius 2 is 1.92 bits per heavy atom. The molecule has 0 unspecified atom stereocenters. The lowest BCUT2D eigenvalue weighted by atomic mass is 10.0. The molecule has 1 aliphatic heterocycles. The van der Waals surface area contributed by atoms with Gasteiger partial charge in [0.15, 0.2) is 0 Å². The molecule has 0 bridgehead atoms. The van der Waals surface area contributed by atoms with E-state index in [1.807, 2.05) is 32.0 Å². The molecule has 0 aromatic heterocycles. The molecule has 1 N–H and O–H groups in total. The van der Waals surface area contributed by atoms with Crippen LogP contribution in [-0.4, -0.2) is 20.9 Å². The fraction of sp³-hybridized carbons (Fsp3) is 0.278. The second kappa shape index (κ2) is 6.28. The molecule has 1 amide bonds. The predicted octanol–water partition coefficient (Wildman–Crippen LogP) is 3.09. The average Bonchev–Trinajstić information content (AvgIpc) is 2.54. The number of nitrogens with one attached hydrogen (secondary N) is 1. The summed E-state index contributed by atoms with van der Waals surface area (Å²) in [6.45, 7) is 4.40. The van der Waals surface area contributed by atoms with Gasteiger partial charge >= 0.3 is 0 Å². The maximum absolute atomic E-state index is 12.5. The number of aryl methyl sites for hydroxylation is 2. The SMILES string of the molecule is CCN1C(=O)CCc2cc(NS(=O)(=O)c3cccc(C)c3)ccc21. The number of carbonyl (C=O) groups is 1. The number of fused-ring (bicyclic) bond motifs is 1. The summed E-state index contributed by atoms with van der Waals surface area (Å²) in [4.78, 5) is 13.9. The summed E-state index contributed by atoms with van der Waals surface area (Å²) in [6.07, 6.45) is 1.08. The number of nitrogens with zero attached hydrogens (tertiary/aromatic N) is 1. The lowest BCUT2D eigenvalue weighted by Gasteiger charge is -2.28. The van der Waals surface area contributed by atoms with Crippen molar-refractivity contribution < 1.29 is 13.2 Å². The lowest BCUT2D eigenvalue weighted by Crippen LogP contribution is -2.34. The molecule has 0 aliphatic carbocycles. The van der Waals surface area contributed by atoms with Crippen LogP contribution in [0.15, 0.2) is 47.4 Å². The maximum Gasteiger partial charge on any atom is 0.261 e. The summed E-state index contributed by atoms with van der Waals surface area (Å²) < 4.78 is 27.7. The summed E-state index contributed by atoms with van der Waals surface area (Å²) in [5, 5.41) is 0. The molecule has 6 heteroatoms. The minimum atomic E-state index is -3.62. The number of amides is 1. The number of benzene rings is 2. The van der Waals surface area contributed by atoms with Crippen molar-refractivity contribution >= 4 is 27.3 Å². The van der Waals surface area contributed by atoms with Crippen LogP contribution in [0.25, 0.3) is 0 Å². The van der Waals surface area contributed by atoms with Crippen LogP contribution in [0.3, 0.4) is 0 Å². The van der Waals surface area contributed by atoms with Gasteiger partial charge in [-0.05, 0) is 61.7 Å². The monoisotopic (exact) mass is 344 g/mol. The third-order valence-corrected chi connectivity index (χ3v) is 5.53. The first kappa shape index (κ1) is 16.5. The fourth-order valence-corrected chi connectivity index (χ4v) is 4.12. The van der Waals surface area contributed by atoms with E-state index >= 15 is 0 Å². The van der Waals surface area contributed by atoms with Crippen molar-refractivity contribution in [3.8, 4) is 0 Å². The van der Waals surface area contributed by atoms with Gasteiger partial charge in [-0.1, -0.05) is 12.1 Å². The smallest absolute Gasteiger partial charge is 0.261 e. The van der Waals surface area contributed by atoms with Gasteiger partial charge in [-0.25, -0.2) is 8.42 Å². The van der Waals surface area contributed by atoms with Crippen molar-refractivity contribution in [3.05, 3.63) is 53.6 Å². The Labute approximate surface area is 142 Å². The van der Waals surface area contributed by atoms with Gasteiger partial charge in [0.2, 0.25) is 5.91 Å². The van der Waals surface area contributed by atoms with E-state index in [0.29, 0.717) is 25.1 Å². The van der Waals surface area contributed by atoms with Crippen LogP contribution in [0.1, 0.15) is 24.5 Å². The second-order valence-corrected chi connectivity index (χ2v) is 7.59. The number of hydrogen-bond donors (Lipinski definition) is 1. The average molecular weight is 344 g/mol. The van der Waals surface area contributed by atoms with Crippen molar-refractivity contribution in [1.29, 1.82) is 0 Å². The highest BCUT2D eigenvalue weighted by atomic mass is 32.2. The number of anilines is 2. The summed E-state index contributed by atoms with van der Waals surface area (Å²) in [5.41, 5.74) is 3.26. The highest BCUT2D eigenvalue weighted by molar-refractivity contribution is 7.92. The van der Waals surface area contributed by atoms with Gasteiger partial charge in [0.05, 0.1) is 4.90 Å². The standard InChI is InChI=1S/C18H20N2O3S/c1-3-20-17-9-8-15(12-14(17)7-10-18(20)21)19-24(22,23)16-6-4-5-13(2)11-16/h4-6,8-9,11-12,19H,3,7,10H2,1-2H3. The van der Waals surface area contributed by atoms with E-state index in [2.05, 4.69) is 4.72 Å². The van der Waals surface area contributed by atoms with Crippen LogP contribution >= 0.6 is 0 Å². The van der Waals surface area contributed by atoms with Crippen molar-refractivity contribution in [2.24, 2.45) is 0 Å². The molecule has 2 aromatic carbocycles. The molecule has 0 radical (unpaired) electrons. The van der Waals surface area contributed by atoms with E-state index in [0.717, 1.165) is 16.8 Å². The minimum Gasteiger partial charge on any atom is -0.312 e. The molecule has 126 valence electrons. The Bertz CT molecular complexity index is 891. The van der Waals surface area contributed by atoms with Gasteiger partial charge in [0.25, 0.3) is 10.0 Å². The zero-order chi connectivity index (χ0) is 17.3. The summed E-state index contributed by atoms with van der Waals surface area (Å²) in [6, 6.07) is 12.1. The van der Waals surface area contributed by atoms with Crippen LogP contribution in [0.2, 0.25) is 0 Å². The van der Waals surface area contributed by atoms with Gasteiger partial charge < -0.3 is 4.90 Å². The third-order valence-electron chi connectivity index (χ3n) is 4.15. The number of carbonyl (C=O) groups excluding carboxylic acids is 1. The van der Waals surface area contributed by atoms with Crippen LogP contribution in [0.4, 0.5) is 11.4 Å². The molecule has 0 spiro atoms. The Morgan fingerprint density at radius 3 is 2.62 bits per heavy atom. The molecule has 3 rings (SSSR count). The zero-order valence-corrected chi connectivity index (χ0v) is 14.6. The molecule has 0 fully saturated rings. The third kappa shape index (κ3) is 3.14. The largest absolute Gasteiger partial charge is 0.312 e. The maximum atomic E-state index is 12.5. The van der Waals surface area contributed by atoms with Gasteiger partial charge in [-0.2, -0.15) is 0 Å². The highest BCUT2D eigenvalue weighted by Gasteiger charge is 2.23. The van der Waals surface area contributed by atoms with Crippen molar-refractivity contribution in [2.75, 3.05) is 16.2 Å². The first-order valence-electron chi connectivity index (χ1n) is 7.93. The molecular formula is C18H20N2O3S. The molecule has 1 heterocycles. The number of sulfonamides is 1. The van der Waals surface area contributed by atoms with Gasteiger partial charge in [-0.3, -0.25) is 9.52 Å². The van der Waals surface area contributed by atoms with E-state index in [1.54, 1.807) is 29.2 Å². The summed E-state index contributed by atoms with van der Waals surface area (Å²) in [5.74, 6) is 0.109. The highest BCUT2D eigenvalue weighted by Crippen LogP contribution is 2.30.